The van der Waals surface area contributed by atoms with E-state index >= 15 is 0 Å². The average molecular weight is 262 g/mol. The molecule has 2 heterocycles. The van der Waals surface area contributed by atoms with Crippen molar-refractivity contribution >= 4 is 24.8 Å². The second-order valence-corrected chi connectivity index (χ2v) is 2.88. The molecule has 0 bridgehead atoms. The highest BCUT2D eigenvalue weighted by molar-refractivity contribution is 5.85. The van der Waals surface area contributed by atoms with Gasteiger partial charge in [0, 0.05) is 24.4 Å². The van der Waals surface area contributed by atoms with E-state index in [0.29, 0.717) is 12.4 Å². The summed E-state index contributed by atoms with van der Waals surface area (Å²) in [5, 5.41) is 6.93. The fourth-order valence-corrected chi connectivity index (χ4v) is 1.17. The third-order valence-corrected chi connectivity index (χ3v) is 1.85. The molecule has 2 aromatic rings. The monoisotopic (exact) mass is 261 g/mol. The summed E-state index contributed by atoms with van der Waals surface area (Å²) in [7, 11) is 0. The average Bonchev–Trinajstić information content (AvgIpc) is 2.68. The number of nitrogens with two attached hydrogens (primary N) is 1. The van der Waals surface area contributed by atoms with Crippen LogP contribution < -0.4 is 5.73 Å². The second kappa shape index (κ2) is 7.16. The summed E-state index contributed by atoms with van der Waals surface area (Å²) in [6, 6.07) is 3.74. The fraction of sp³-hybridized carbons (Fsp3) is 0.222. The molecule has 7 heteroatoms. The van der Waals surface area contributed by atoms with E-state index < -0.39 is 0 Å². The van der Waals surface area contributed by atoms with E-state index in [-0.39, 0.29) is 24.8 Å². The lowest BCUT2D eigenvalue weighted by Crippen LogP contribution is -2.03. The van der Waals surface area contributed by atoms with Gasteiger partial charge in [0.05, 0.1) is 0 Å². The zero-order valence-electron chi connectivity index (χ0n) is 8.46. The Bertz CT molecular complexity index is 403. The van der Waals surface area contributed by atoms with Crippen LogP contribution in [0.4, 0.5) is 0 Å². The number of halogens is 2. The molecule has 0 saturated heterocycles. The molecule has 3 N–H and O–H groups in total. The Labute approximate surface area is 106 Å². The first-order valence-corrected chi connectivity index (χ1v) is 4.42. The summed E-state index contributed by atoms with van der Waals surface area (Å²) in [6.07, 6.45) is 4.15. The molecule has 5 nitrogen and oxygen atoms in total. The maximum Gasteiger partial charge on any atom is 0.181 e. The number of rotatable bonds is 3. The van der Waals surface area contributed by atoms with Crippen LogP contribution in [0.25, 0.3) is 11.4 Å². The fourth-order valence-electron chi connectivity index (χ4n) is 1.17. The lowest BCUT2D eigenvalue weighted by molar-refractivity contribution is 0.874. The third-order valence-electron chi connectivity index (χ3n) is 1.85. The molecule has 2 aromatic heterocycles. The molecule has 0 aromatic carbocycles. The third kappa shape index (κ3) is 3.44. The zero-order chi connectivity index (χ0) is 9.80. The molecule has 0 radical (unpaired) electrons. The number of H-pyrrole nitrogens is 1. The smallest absolute Gasteiger partial charge is 0.181 e. The molecule has 0 spiro atoms. The summed E-state index contributed by atoms with van der Waals surface area (Å²) in [5.74, 6) is 1.51. The van der Waals surface area contributed by atoms with Crippen LogP contribution in [0.3, 0.4) is 0 Å². The summed E-state index contributed by atoms with van der Waals surface area (Å²) in [4.78, 5) is 8.22. The first-order chi connectivity index (χ1) is 6.90. The number of aromatic amines is 1. The minimum absolute atomic E-state index is 0. The van der Waals surface area contributed by atoms with E-state index in [1.807, 2.05) is 12.1 Å². The molecule has 0 aliphatic rings. The SMILES string of the molecule is Cl.Cl.NCCc1nc(-c2ccncc2)n[nH]1. The second-order valence-electron chi connectivity index (χ2n) is 2.88. The Hall–Kier alpha value is -1.17. The predicted molar refractivity (Wildman–Crippen MR) is 66.9 cm³/mol. The van der Waals surface area contributed by atoms with Crippen LogP contribution in [0, 0.1) is 0 Å². The molecule has 0 atom stereocenters. The molecule has 88 valence electrons. The number of hydrogen-bond donors (Lipinski definition) is 2. The molecule has 16 heavy (non-hydrogen) atoms. The largest absolute Gasteiger partial charge is 0.330 e. The summed E-state index contributed by atoms with van der Waals surface area (Å²) in [5.41, 5.74) is 6.37. The van der Waals surface area contributed by atoms with E-state index in [0.717, 1.165) is 17.8 Å². The van der Waals surface area contributed by atoms with Crippen molar-refractivity contribution in [1.82, 2.24) is 20.2 Å². The van der Waals surface area contributed by atoms with E-state index in [4.69, 9.17) is 5.73 Å². The standard InChI is InChI=1S/C9H11N5.2ClH/c10-4-1-8-12-9(14-13-8)7-2-5-11-6-3-7;;/h2-3,5-6H,1,4,10H2,(H,12,13,14);2*1H. The van der Waals surface area contributed by atoms with Crippen molar-refractivity contribution in [3.05, 3.63) is 30.4 Å². The molecule has 0 saturated carbocycles. The minimum Gasteiger partial charge on any atom is -0.330 e. The quantitative estimate of drug-likeness (QED) is 0.871. The molecule has 0 unspecified atom stereocenters. The van der Waals surface area contributed by atoms with E-state index in [2.05, 4.69) is 20.2 Å². The lowest BCUT2D eigenvalue weighted by Gasteiger charge is -1.91. The Morgan fingerprint density at radius 1 is 1.19 bits per heavy atom. The van der Waals surface area contributed by atoms with E-state index in [1.54, 1.807) is 12.4 Å². The lowest BCUT2D eigenvalue weighted by atomic mass is 10.2. The number of nitrogens with zero attached hydrogens (tertiary/aromatic N) is 3. The molecular formula is C9H13Cl2N5. The van der Waals surface area contributed by atoms with Gasteiger partial charge >= 0.3 is 0 Å². The van der Waals surface area contributed by atoms with Gasteiger partial charge in [-0.05, 0) is 18.7 Å². The van der Waals surface area contributed by atoms with Gasteiger partial charge in [-0.25, -0.2) is 4.98 Å². The maximum atomic E-state index is 5.41. The highest BCUT2D eigenvalue weighted by Crippen LogP contribution is 2.12. The summed E-state index contributed by atoms with van der Waals surface area (Å²) in [6.45, 7) is 0.574. The van der Waals surface area contributed by atoms with Crippen molar-refractivity contribution in [2.45, 2.75) is 6.42 Å². The Balaban J connectivity index is 0.00000112. The van der Waals surface area contributed by atoms with Gasteiger partial charge in [0.2, 0.25) is 0 Å². The minimum atomic E-state index is 0. The zero-order valence-corrected chi connectivity index (χ0v) is 10.1. The maximum absolute atomic E-state index is 5.41. The van der Waals surface area contributed by atoms with Crippen LogP contribution in [0.2, 0.25) is 0 Å². The van der Waals surface area contributed by atoms with Gasteiger partial charge in [-0.15, -0.1) is 24.8 Å². The van der Waals surface area contributed by atoms with Gasteiger partial charge in [-0.1, -0.05) is 0 Å². The highest BCUT2D eigenvalue weighted by atomic mass is 35.5. The first kappa shape index (κ1) is 14.8. The van der Waals surface area contributed by atoms with Gasteiger partial charge in [0.15, 0.2) is 5.82 Å². The predicted octanol–water partition coefficient (Wildman–Crippen LogP) is 1.21. The molecule has 0 amide bonds. The van der Waals surface area contributed by atoms with Crippen molar-refractivity contribution in [1.29, 1.82) is 0 Å². The van der Waals surface area contributed by atoms with Gasteiger partial charge in [0.1, 0.15) is 5.82 Å². The van der Waals surface area contributed by atoms with Crippen molar-refractivity contribution < 1.29 is 0 Å². The number of nitrogens with one attached hydrogen (secondary N) is 1. The summed E-state index contributed by atoms with van der Waals surface area (Å²) >= 11 is 0. The van der Waals surface area contributed by atoms with Crippen LogP contribution in [-0.2, 0) is 6.42 Å². The van der Waals surface area contributed by atoms with Gasteiger partial charge in [-0.3, -0.25) is 10.1 Å². The van der Waals surface area contributed by atoms with Gasteiger partial charge in [0.25, 0.3) is 0 Å². The molecule has 0 aliphatic carbocycles. The van der Waals surface area contributed by atoms with Gasteiger partial charge < -0.3 is 5.73 Å². The Kier molecular flexibility index (Phi) is 6.64. The molecular weight excluding hydrogens is 249 g/mol. The van der Waals surface area contributed by atoms with Crippen molar-refractivity contribution in [2.75, 3.05) is 6.54 Å². The van der Waals surface area contributed by atoms with Crippen molar-refractivity contribution in [3.8, 4) is 11.4 Å². The first-order valence-electron chi connectivity index (χ1n) is 4.42. The number of pyridine rings is 1. The van der Waals surface area contributed by atoms with E-state index in [1.165, 1.54) is 0 Å². The van der Waals surface area contributed by atoms with Crippen LogP contribution >= 0.6 is 24.8 Å². The molecule has 0 aliphatic heterocycles. The van der Waals surface area contributed by atoms with Crippen molar-refractivity contribution in [2.24, 2.45) is 5.73 Å². The Morgan fingerprint density at radius 2 is 1.88 bits per heavy atom. The normalized spacial score (nSPS) is 9.06. The summed E-state index contributed by atoms with van der Waals surface area (Å²) < 4.78 is 0. The van der Waals surface area contributed by atoms with E-state index in [9.17, 15) is 0 Å². The number of aromatic nitrogens is 4. The van der Waals surface area contributed by atoms with Crippen molar-refractivity contribution in [3.63, 3.8) is 0 Å². The highest BCUT2D eigenvalue weighted by Gasteiger charge is 2.03. The van der Waals surface area contributed by atoms with Crippen LogP contribution in [0.1, 0.15) is 5.82 Å². The van der Waals surface area contributed by atoms with Crippen LogP contribution in [0.15, 0.2) is 24.5 Å². The Morgan fingerprint density at radius 3 is 2.50 bits per heavy atom. The van der Waals surface area contributed by atoms with Gasteiger partial charge in [-0.2, -0.15) is 5.10 Å². The number of hydrogen-bond acceptors (Lipinski definition) is 4. The van der Waals surface area contributed by atoms with Crippen LogP contribution in [0.5, 0.6) is 0 Å². The van der Waals surface area contributed by atoms with Crippen LogP contribution in [-0.4, -0.2) is 26.7 Å². The molecule has 2 rings (SSSR count). The topological polar surface area (TPSA) is 80.5 Å². The molecule has 0 fully saturated rings.